The van der Waals surface area contributed by atoms with Crippen LogP contribution < -0.4 is 5.73 Å². The van der Waals surface area contributed by atoms with Crippen molar-refractivity contribution in [1.29, 1.82) is 0 Å². The van der Waals surface area contributed by atoms with Crippen LogP contribution in [-0.4, -0.2) is 29.9 Å². The zero-order valence-corrected chi connectivity index (χ0v) is 12.1. The number of hydrogen-bond donors (Lipinski definition) is 1. The van der Waals surface area contributed by atoms with E-state index in [1.165, 1.54) is 0 Å². The standard InChI is InChI=1S/C12H26N2O.ClH/c1-6-8-12(4,13)11(15)14(5)9-10(3)7-2;/h10H,6-9,13H2,1-5H3;1H. The summed E-state index contributed by atoms with van der Waals surface area (Å²) in [6, 6.07) is 0. The summed E-state index contributed by atoms with van der Waals surface area (Å²) in [5.41, 5.74) is 5.30. The minimum atomic E-state index is -0.697. The molecule has 0 saturated carbocycles. The highest BCUT2D eigenvalue weighted by molar-refractivity contribution is 5.85. The normalized spacial score (nSPS) is 15.9. The smallest absolute Gasteiger partial charge is 0.242 e. The summed E-state index contributed by atoms with van der Waals surface area (Å²) >= 11 is 0. The van der Waals surface area contributed by atoms with E-state index in [-0.39, 0.29) is 18.3 Å². The van der Waals surface area contributed by atoms with E-state index in [1.54, 1.807) is 4.90 Å². The second kappa shape index (κ2) is 7.91. The lowest BCUT2D eigenvalue weighted by molar-refractivity contribution is -0.135. The molecule has 16 heavy (non-hydrogen) atoms. The number of nitrogens with zero attached hydrogens (tertiary/aromatic N) is 1. The number of carbonyl (C=O) groups is 1. The largest absolute Gasteiger partial charge is 0.344 e. The molecule has 0 radical (unpaired) electrons. The highest BCUT2D eigenvalue weighted by Crippen LogP contribution is 2.13. The Kier molecular flexibility index (Phi) is 8.94. The SMILES string of the molecule is CCCC(C)(N)C(=O)N(C)CC(C)CC.Cl. The summed E-state index contributed by atoms with van der Waals surface area (Å²) in [4.78, 5) is 13.8. The van der Waals surface area contributed by atoms with Gasteiger partial charge in [-0.05, 0) is 19.3 Å². The van der Waals surface area contributed by atoms with Gasteiger partial charge in [-0.1, -0.05) is 33.6 Å². The van der Waals surface area contributed by atoms with Crippen LogP contribution >= 0.6 is 12.4 Å². The first-order valence-electron chi connectivity index (χ1n) is 5.89. The molecule has 0 aliphatic rings. The van der Waals surface area contributed by atoms with Gasteiger partial charge in [-0.2, -0.15) is 0 Å². The lowest BCUT2D eigenvalue weighted by Gasteiger charge is -2.30. The first-order chi connectivity index (χ1) is 6.85. The van der Waals surface area contributed by atoms with Gasteiger partial charge in [-0.15, -0.1) is 12.4 Å². The topological polar surface area (TPSA) is 46.3 Å². The van der Waals surface area contributed by atoms with Crippen molar-refractivity contribution in [2.75, 3.05) is 13.6 Å². The maximum atomic E-state index is 12.0. The van der Waals surface area contributed by atoms with Crippen LogP contribution in [0.1, 0.15) is 47.0 Å². The Morgan fingerprint density at radius 1 is 1.44 bits per heavy atom. The van der Waals surface area contributed by atoms with Crippen molar-refractivity contribution in [3.63, 3.8) is 0 Å². The van der Waals surface area contributed by atoms with Gasteiger partial charge in [0.15, 0.2) is 0 Å². The predicted molar refractivity (Wildman–Crippen MR) is 71.8 cm³/mol. The lowest BCUT2D eigenvalue weighted by atomic mass is 9.95. The summed E-state index contributed by atoms with van der Waals surface area (Å²) in [7, 11) is 1.84. The van der Waals surface area contributed by atoms with Gasteiger partial charge in [0.2, 0.25) is 5.91 Å². The molecule has 0 rings (SSSR count). The molecule has 0 aromatic rings. The second-order valence-electron chi connectivity index (χ2n) is 4.87. The molecule has 3 nitrogen and oxygen atoms in total. The highest BCUT2D eigenvalue weighted by atomic mass is 35.5. The molecule has 0 aliphatic heterocycles. The third-order valence-corrected chi connectivity index (χ3v) is 2.89. The number of halogens is 1. The van der Waals surface area contributed by atoms with Crippen LogP contribution in [0.2, 0.25) is 0 Å². The molecule has 0 bridgehead atoms. The van der Waals surface area contributed by atoms with Crippen molar-refractivity contribution in [2.24, 2.45) is 11.7 Å². The van der Waals surface area contributed by atoms with E-state index in [0.29, 0.717) is 5.92 Å². The van der Waals surface area contributed by atoms with Gasteiger partial charge in [0.1, 0.15) is 0 Å². The number of carbonyl (C=O) groups excluding carboxylic acids is 1. The first-order valence-corrected chi connectivity index (χ1v) is 5.89. The molecule has 2 atom stereocenters. The Morgan fingerprint density at radius 2 is 1.94 bits per heavy atom. The van der Waals surface area contributed by atoms with Crippen molar-refractivity contribution >= 4 is 18.3 Å². The van der Waals surface area contributed by atoms with Gasteiger partial charge < -0.3 is 10.6 Å². The monoisotopic (exact) mass is 250 g/mol. The van der Waals surface area contributed by atoms with E-state index in [4.69, 9.17) is 5.73 Å². The van der Waals surface area contributed by atoms with Gasteiger partial charge in [-0.25, -0.2) is 0 Å². The Morgan fingerprint density at radius 3 is 2.31 bits per heavy atom. The number of likely N-dealkylation sites (N-methyl/N-ethyl adjacent to an activating group) is 1. The Bertz CT molecular complexity index is 207. The fourth-order valence-corrected chi connectivity index (χ4v) is 1.74. The van der Waals surface area contributed by atoms with E-state index >= 15 is 0 Å². The molecule has 4 heteroatoms. The summed E-state index contributed by atoms with van der Waals surface area (Å²) in [6.07, 6.45) is 2.78. The molecule has 2 unspecified atom stereocenters. The van der Waals surface area contributed by atoms with Gasteiger partial charge in [-0.3, -0.25) is 4.79 Å². The molecule has 0 spiro atoms. The van der Waals surface area contributed by atoms with Crippen molar-refractivity contribution < 1.29 is 4.79 Å². The van der Waals surface area contributed by atoms with Gasteiger partial charge in [0.05, 0.1) is 5.54 Å². The van der Waals surface area contributed by atoms with E-state index in [9.17, 15) is 4.79 Å². The maximum absolute atomic E-state index is 12.0. The summed E-state index contributed by atoms with van der Waals surface area (Å²) in [6.45, 7) is 8.96. The molecule has 2 N–H and O–H groups in total. The van der Waals surface area contributed by atoms with Crippen LogP contribution in [0.4, 0.5) is 0 Å². The molecule has 0 aromatic heterocycles. The van der Waals surface area contributed by atoms with Crippen molar-refractivity contribution in [2.45, 2.75) is 52.5 Å². The lowest BCUT2D eigenvalue weighted by Crippen LogP contribution is -2.52. The third-order valence-electron chi connectivity index (χ3n) is 2.89. The fourth-order valence-electron chi connectivity index (χ4n) is 1.74. The number of amides is 1. The van der Waals surface area contributed by atoms with Crippen molar-refractivity contribution in [3.8, 4) is 0 Å². The summed E-state index contributed by atoms with van der Waals surface area (Å²) in [5.74, 6) is 0.598. The van der Waals surface area contributed by atoms with E-state index in [2.05, 4.69) is 13.8 Å². The summed E-state index contributed by atoms with van der Waals surface area (Å²) in [5, 5.41) is 0. The predicted octanol–water partition coefficient (Wildman–Crippen LogP) is 2.43. The maximum Gasteiger partial charge on any atom is 0.242 e. The Balaban J connectivity index is 0. The third kappa shape index (κ3) is 5.71. The highest BCUT2D eigenvalue weighted by Gasteiger charge is 2.30. The van der Waals surface area contributed by atoms with Crippen LogP contribution in [0.25, 0.3) is 0 Å². The average Bonchev–Trinajstić information content (AvgIpc) is 2.16. The zero-order valence-electron chi connectivity index (χ0n) is 11.2. The summed E-state index contributed by atoms with van der Waals surface area (Å²) < 4.78 is 0. The van der Waals surface area contributed by atoms with Gasteiger partial charge >= 0.3 is 0 Å². The van der Waals surface area contributed by atoms with Crippen LogP contribution in [-0.2, 0) is 4.79 Å². The fraction of sp³-hybridized carbons (Fsp3) is 0.917. The van der Waals surface area contributed by atoms with E-state index in [0.717, 1.165) is 25.8 Å². The van der Waals surface area contributed by atoms with Crippen molar-refractivity contribution in [3.05, 3.63) is 0 Å². The first kappa shape index (κ1) is 18.1. The zero-order chi connectivity index (χ0) is 12.1. The van der Waals surface area contributed by atoms with Crippen molar-refractivity contribution in [1.82, 2.24) is 4.90 Å². The molecular weight excluding hydrogens is 224 g/mol. The van der Waals surface area contributed by atoms with Gasteiger partial charge in [0.25, 0.3) is 0 Å². The average molecular weight is 251 g/mol. The van der Waals surface area contributed by atoms with Crippen LogP contribution in [0.15, 0.2) is 0 Å². The van der Waals surface area contributed by atoms with Crippen LogP contribution in [0.5, 0.6) is 0 Å². The molecule has 0 aromatic carbocycles. The molecule has 0 aliphatic carbocycles. The number of nitrogens with two attached hydrogens (primary N) is 1. The van der Waals surface area contributed by atoms with Crippen LogP contribution in [0, 0.1) is 5.92 Å². The molecule has 0 fully saturated rings. The minimum absolute atomic E-state index is 0. The van der Waals surface area contributed by atoms with E-state index in [1.807, 2.05) is 20.9 Å². The molecule has 98 valence electrons. The van der Waals surface area contributed by atoms with Gasteiger partial charge in [0, 0.05) is 13.6 Å². The Hall–Kier alpha value is -0.280. The molecule has 0 heterocycles. The minimum Gasteiger partial charge on any atom is -0.344 e. The molecule has 1 amide bonds. The number of rotatable bonds is 6. The van der Waals surface area contributed by atoms with Crippen LogP contribution in [0.3, 0.4) is 0 Å². The quantitative estimate of drug-likeness (QED) is 0.787. The Labute approximate surface area is 106 Å². The molecular formula is C12H27ClN2O. The second-order valence-corrected chi connectivity index (χ2v) is 4.87. The van der Waals surface area contributed by atoms with E-state index < -0.39 is 5.54 Å². The molecule has 0 saturated heterocycles. The number of hydrogen-bond acceptors (Lipinski definition) is 2.